The fourth-order valence-corrected chi connectivity index (χ4v) is 3.15. The first-order valence-corrected chi connectivity index (χ1v) is 6.82. The lowest BCUT2D eigenvalue weighted by molar-refractivity contribution is -0.147. The van der Waals surface area contributed by atoms with E-state index in [9.17, 15) is 4.79 Å². The van der Waals surface area contributed by atoms with Crippen molar-refractivity contribution in [1.82, 2.24) is 0 Å². The largest absolute Gasteiger partial charge is 0.456 e. The highest BCUT2D eigenvalue weighted by Crippen LogP contribution is 2.40. The molecule has 1 aliphatic rings. The second-order valence-electron chi connectivity index (χ2n) is 4.68. The molecule has 3 heteroatoms. The maximum atomic E-state index is 11.2. The molecule has 2 unspecified atom stereocenters. The highest BCUT2D eigenvalue weighted by Gasteiger charge is 2.32. The van der Waals surface area contributed by atoms with Gasteiger partial charge in [0.1, 0.15) is 6.10 Å². The SMILES string of the molecule is CC(=O)OC1c2c(C)ccc(C)c2CCC1Br. The number of carbonyl (C=O) groups excluding carboxylic acids is 1. The summed E-state index contributed by atoms with van der Waals surface area (Å²) in [7, 11) is 0. The zero-order valence-corrected chi connectivity index (χ0v) is 12.0. The quantitative estimate of drug-likeness (QED) is 0.584. The number of halogens is 1. The number of aryl methyl sites for hydroxylation is 2. The van der Waals surface area contributed by atoms with Crippen LogP contribution in [-0.2, 0) is 16.0 Å². The molecule has 0 radical (unpaired) electrons. The van der Waals surface area contributed by atoms with Gasteiger partial charge in [0, 0.05) is 6.92 Å². The molecular formula is C14H17BrO2. The predicted molar refractivity (Wildman–Crippen MR) is 71.5 cm³/mol. The van der Waals surface area contributed by atoms with Crippen LogP contribution < -0.4 is 0 Å². The van der Waals surface area contributed by atoms with Crippen LogP contribution in [0.2, 0.25) is 0 Å². The van der Waals surface area contributed by atoms with Gasteiger partial charge >= 0.3 is 5.97 Å². The highest BCUT2D eigenvalue weighted by molar-refractivity contribution is 9.09. The minimum Gasteiger partial charge on any atom is -0.456 e. The minimum absolute atomic E-state index is 0.142. The Morgan fingerprint density at radius 2 is 2.00 bits per heavy atom. The molecule has 0 saturated carbocycles. The zero-order valence-electron chi connectivity index (χ0n) is 10.4. The van der Waals surface area contributed by atoms with E-state index in [4.69, 9.17) is 4.74 Å². The van der Waals surface area contributed by atoms with Crippen molar-refractivity contribution in [3.63, 3.8) is 0 Å². The summed E-state index contributed by atoms with van der Waals surface area (Å²) in [4.78, 5) is 11.4. The second kappa shape index (κ2) is 4.81. The standard InChI is InChI=1S/C14H17BrO2/c1-8-4-5-9(2)13-11(8)6-7-12(15)14(13)17-10(3)16/h4-5,12,14H,6-7H2,1-3H3. The highest BCUT2D eigenvalue weighted by atomic mass is 79.9. The van der Waals surface area contributed by atoms with E-state index in [1.165, 1.54) is 29.2 Å². The van der Waals surface area contributed by atoms with E-state index >= 15 is 0 Å². The molecule has 2 rings (SSSR count). The van der Waals surface area contributed by atoms with Gasteiger partial charge in [0.2, 0.25) is 0 Å². The molecule has 0 saturated heterocycles. The Morgan fingerprint density at radius 3 is 2.65 bits per heavy atom. The molecular weight excluding hydrogens is 280 g/mol. The Hall–Kier alpha value is -0.830. The van der Waals surface area contributed by atoms with Gasteiger partial charge in [-0.3, -0.25) is 4.79 Å². The number of benzene rings is 1. The Morgan fingerprint density at radius 1 is 1.35 bits per heavy atom. The van der Waals surface area contributed by atoms with E-state index in [1.807, 2.05) is 0 Å². The zero-order chi connectivity index (χ0) is 12.6. The van der Waals surface area contributed by atoms with E-state index in [0.717, 1.165) is 12.8 Å². The molecule has 0 fully saturated rings. The van der Waals surface area contributed by atoms with Crippen molar-refractivity contribution < 1.29 is 9.53 Å². The number of hydrogen-bond donors (Lipinski definition) is 0. The van der Waals surface area contributed by atoms with Gasteiger partial charge in [0.05, 0.1) is 4.83 Å². The van der Waals surface area contributed by atoms with Crippen LogP contribution in [0.1, 0.15) is 41.7 Å². The van der Waals surface area contributed by atoms with Crippen molar-refractivity contribution in [3.05, 3.63) is 34.4 Å². The lowest BCUT2D eigenvalue weighted by Gasteiger charge is -2.32. The maximum absolute atomic E-state index is 11.2. The minimum atomic E-state index is -0.215. The summed E-state index contributed by atoms with van der Waals surface area (Å²) in [6, 6.07) is 4.25. The van der Waals surface area contributed by atoms with Gasteiger partial charge in [-0.25, -0.2) is 0 Å². The normalized spacial score (nSPS) is 23.1. The van der Waals surface area contributed by atoms with Crippen LogP contribution in [0.3, 0.4) is 0 Å². The molecule has 1 aromatic rings. The first-order chi connectivity index (χ1) is 8.00. The maximum Gasteiger partial charge on any atom is 0.303 e. The van der Waals surface area contributed by atoms with Crippen molar-refractivity contribution in [2.75, 3.05) is 0 Å². The van der Waals surface area contributed by atoms with Crippen LogP contribution in [0.5, 0.6) is 0 Å². The Bertz CT molecular complexity index is 454. The number of fused-ring (bicyclic) bond motifs is 1. The molecule has 1 aliphatic carbocycles. The van der Waals surface area contributed by atoms with E-state index < -0.39 is 0 Å². The molecule has 0 N–H and O–H groups in total. The number of ether oxygens (including phenoxy) is 1. The first-order valence-electron chi connectivity index (χ1n) is 5.91. The van der Waals surface area contributed by atoms with E-state index in [-0.39, 0.29) is 16.9 Å². The fraction of sp³-hybridized carbons (Fsp3) is 0.500. The third-order valence-corrected chi connectivity index (χ3v) is 4.32. The lowest BCUT2D eigenvalue weighted by atomic mass is 9.84. The van der Waals surface area contributed by atoms with Gasteiger partial charge in [0.15, 0.2) is 0 Å². The third kappa shape index (κ3) is 2.39. The number of esters is 1. The Kier molecular flexibility index (Phi) is 3.57. The van der Waals surface area contributed by atoms with Gasteiger partial charge in [-0.15, -0.1) is 0 Å². The summed E-state index contributed by atoms with van der Waals surface area (Å²) in [6.07, 6.45) is 1.92. The van der Waals surface area contributed by atoms with Crippen molar-refractivity contribution in [3.8, 4) is 0 Å². The fourth-order valence-electron chi connectivity index (χ4n) is 2.54. The van der Waals surface area contributed by atoms with Gasteiger partial charge in [-0.05, 0) is 48.9 Å². The molecule has 17 heavy (non-hydrogen) atoms. The Balaban J connectivity index is 2.50. The summed E-state index contributed by atoms with van der Waals surface area (Å²) in [5.74, 6) is -0.215. The van der Waals surface area contributed by atoms with E-state index in [0.29, 0.717) is 0 Å². The topological polar surface area (TPSA) is 26.3 Å². The number of rotatable bonds is 1. The number of carbonyl (C=O) groups is 1. The van der Waals surface area contributed by atoms with Crippen LogP contribution in [0.25, 0.3) is 0 Å². The predicted octanol–water partition coefficient (Wildman–Crippen LogP) is 3.62. The molecule has 92 valence electrons. The van der Waals surface area contributed by atoms with Crippen molar-refractivity contribution in [1.29, 1.82) is 0 Å². The Labute approximate surface area is 110 Å². The smallest absolute Gasteiger partial charge is 0.303 e. The molecule has 0 bridgehead atoms. The summed E-state index contributed by atoms with van der Waals surface area (Å²) >= 11 is 3.63. The average molecular weight is 297 g/mol. The molecule has 0 spiro atoms. The second-order valence-corrected chi connectivity index (χ2v) is 5.85. The molecule has 1 aromatic carbocycles. The summed E-state index contributed by atoms with van der Waals surface area (Å²) in [5.41, 5.74) is 5.06. The molecule has 0 amide bonds. The van der Waals surface area contributed by atoms with Gasteiger partial charge in [-0.1, -0.05) is 28.1 Å². The van der Waals surface area contributed by atoms with E-state index in [1.54, 1.807) is 0 Å². The van der Waals surface area contributed by atoms with E-state index in [2.05, 4.69) is 41.9 Å². The van der Waals surface area contributed by atoms with Crippen molar-refractivity contribution >= 4 is 21.9 Å². The first kappa shape index (κ1) is 12.6. The number of hydrogen-bond acceptors (Lipinski definition) is 2. The summed E-state index contributed by atoms with van der Waals surface area (Å²) in [5, 5.41) is 0. The summed E-state index contributed by atoms with van der Waals surface area (Å²) in [6.45, 7) is 5.68. The molecule has 2 atom stereocenters. The molecule has 2 nitrogen and oxygen atoms in total. The van der Waals surface area contributed by atoms with Crippen LogP contribution in [0.4, 0.5) is 0 Å². The van der Waals surface area contributed by atoms with Crippen LogP contribution in [0, 0.1) is 13.8 Å². The molecule has 0 heterocycles. The summed E-state index contributed by atoms with van der Waals surface area (Å²) < 4.78 is 5.48. The molecule has 0 aliphatic heterocycles. The lowest BCUT2D eigenvalue weighted by Crippen LogP contribution is -2.26. The van der Waals surface area contributed by atoms with Crippen LogP contribution in [-0.4, -0.2) is 10.8 Å². The van der Waals surface area contributed by atoms with Gasteiger partial charge in [-0.2, -0.15) is 0 Å². The third-order valence-electron chi connectivity index (χ3n) is 3.39. The van der Waals surface area contributed by atoms with Crippen molar-refractivity contribution in [2.45, 2.75) is 44.5 Å². The van der Waals surface area contributed by atoms with Crippen LogP contribution in [0.15, 0.2) is 12.1 Å². The van der Waals surface area contributed by atoms with Crippen LogP contribution >= 0.6 is 15.9 Å². The number of alkyl halides is 1. The van der Waals surface area contributed by atoms with Gasteiger partial charge < -0.3 is 4.74 Å². The van der Waals surface area contributed by atoms with Gasteiger partial charge in [0.25, 0.3) is 0 Å². The molecule has 0 aromatic heterocycles. The average Bonchev–Trinajstić information content (AvgIpc) is 2.26. The van der Waals surface area contributed by atoms with Crippen molar-refractivity contribution in [2.24, 2.45) is 0 Å². The monoisotopic (exact) mass is 296 g/mol.